The van der Waals surface area contributed by atoms with Crippen LogP contribution in [0.2, 0.25) is 0 Å². The van der Waals surface area contributed by atoms with Gasteiger partial charge in [0.05, 0.1) is 12.0 Å². The number of nitrogens with zero attached hydrogens (tertiary/aromatic N) is 2. The minimum atomic E-state index is -3.99. The van der Waals surface area contributed by atoms with Crippen LogP contribution in [0.1, 0.15) is 59.9 Å². The van der Waals surface area contributed by atoms with Crippen molar-refractivity contribution < 1.29 is 22.1 Å². The van der Waals surface area contributed by atoms with Crippen LogP contribution in [-0.2, 0) is 21.2 Å². The third kappa shape index (κ3) is 5.24. The number of piperidine rings is 1. The molecule has 194 valence electrons. The number of benzene rings is 2. The summed E-state index contributed by atoms with van der Waals surface area (Å²) in [5, 5.41) is 7.04. The molecule has 1 aromatic heterocycles. The molecule has 1 N–H and O–H groups in total. The minimum absolute atomic E-state index is 0.0335. The number of aromatic nitrogens is 1. The standard InChI is InChI=1S/C28H30FN3O4S/c1-19-27(26(36-31-19)16-15-21-9-3-5-13-24(21)29)37(34,35)32-17-7-11-22(18-32)28(33)30-25-14-6-10-20-8-2-4-12-23(20)25/h2-5,8-9,12-13,15-16,22,25H,6-7,10-11,14,17-18H2,1H3,(H,30,33)/b16-15+/t22-,25+/m0/s1. The van der Waals surface area contributed by atoms with Crippen molar-refractivity contribution in [3.05, 3.63) is 82.5 Å². The first kappa shape index (κ1) is 25.4. The van der Waals surface area contributed by atoms with Gasteiger partial charge in [-0.3, -0.25) is 4.79 Å². The number of nitrogens with one attached hydrogen (secondary N) is 1. The number of carbonyl (C=O) groups excluding carboxylic acids is 1. The van der Waals surface area contributed by atoms with Gasteiger partial charge in [0.15, 0.2) is 10.7 Å². The van der Waals surface area contributed by atoms with Crippen LogP contribution in [0.3, 0.4) is 0 Å². The van der Waals surface area contributed by atoms with E-state index in [1.54, 1.807) is 25.1 Å². The van der Waals surface area contributed by atoms with E-state index in [9.17, 15) is 17.6 Å². The Bertz CT molecular complexity index is 1430. The topological polar surface area (TPSA) is 92.5 Å². The molecule has 1 aliphatic carbocycles. The smallest absolute Gasteiger partial charge is 0.248 e. The van der Waals surface area contributed by atoms with Gasteiger partial charge >= 0.3 is 0 Å². The zero-order chi connectivity index (χ0) is 26.0. The maximum Gasteiger partial charge on any atom is 0.248 e. The van der Waals surface area contributed by atoms with Gasteiger partial charge in [0.2, 0.25) is 15.9 Å². The average molecular weight is 524 g/mol. The number of aryl methyl sites for hydroxylation is 2. The molecule has 0 unspecified atom stereocenters. The highest BCUT2D eigenvalue weighted by molar-refractivity contribution is 7.89. The molecular formula is C28H30FN3O4S. The Morgan fingerprint density at radius 1 is 1.11 bits per heavy atom. The summed E-state index contributed by atoms with van der Waals surface area (Å²) in [5.41, 5.74) is 2.93. The van der Waals surface area contributed by atoms with Gasteiger partial charge in [-0.2, -0.15) is 4.31 Å². The molecule has 1 aliphatic heterocycles. The maximum absolute atomic E-state index is 14.0. The Labute approximate surface area is 216 Å². The van der Waals surface area contributed by atoms with Crippen molar-refractivity contribution in [2.75, 3.05) is 13.1 Å². The van der Waals surface area contributed by atoms with Gasteiger partial charge in [0, 0.05) is 18.7 Å². The van der Waals surface area contributed by atoms with Gasteiger partial charge in [-0.15, -0.1) is 0 Å². The molecule has 0 bridgehead atoms. The highest BCUT2D eigenvalue weighted by atomic mass is 32.2. The average Bonchev–Trinajstić information content (AvgIpc) is 3.29. The third-order valence-corrected chi connectivity index (χ3v) is 9.22. The summed E-state index contributed by atoms with van der Waals surface area (Å²) in [6, 6.07) is 14.3. The quantitative estimate of drug-likeness (QED) is 0.497. The predicted octanol–water partition coefficient (Wildman–Crippen LogP) is 4.89. The van der Waals surface area contributed by atoms with E-state index < -0.39 is 21.8 Å². The van der Waals surface area contributed by atoms with E-state index in [1.165, 1.54) is 28.1 Å². The number of hydrogen-bond donors (Lipinski definition) is 1. The van der Waals surface area contributed by atoms with Crippen molar-refractivity contribution in [3.8, 4) is 0 Å². The summed E-state index contributed by atoms with van der Waals surface area (Å²) in [6.07, 6.45) is 6.95. The van der Waals surface area contributed by atoms with E-state index in [0.717, 1.165) is 24.8 Å². The Hall–Kier alpha value is -3.30. The molecule has 7 nitrogen and oxygen atoms in total. The van der Waals surface area contributed by atoms with E-state index in [-0.39, 0.29) is 34.8 Å². The number of carbonyl (C=O) groups is 1. The fourth-order valence-corrected chi connectivity index (χ4v) is 7.05. The Morgan fingerprint density at radius 3 is 2.73 bits per heavy atom. The van der Waals surface area contributed by atoms with Crippen LogP contribution in [0.15, 0.2) is 57.9 Å². The molecule has 1 amide bonds. The number of amides is 1. The molecule has 3 aromatic rings. The number of halogens is 1. The van der Waals surface area contributed by atoms with Gasteiger partial charge in [0.1, 0.15) is 11.5 Å². The SMILES string of the molecule is Cc1noc(/C=C/c2ccccc2F)c1S(=O)(=O)N1CCC[C@H](C(=O)N[C@@H]2CCCc3ccccc32)C1. The summed E-state index contributed by atoms with van der Waals surface area (Å²) < 4.78 is 48.0. The van der Waals surface area contributed by atoms with Crippen LogP contribution >= 0.6 is 0 Å². The van der Waals surface area contributed by atoms with Crippen LogP contribution in [0.5, 0.6) is 0 Å². The monoisotopic (exact) mass is 523 g/mol. The van der Waals surface area contributed by atoms with Crippen molar-refractivity contribution in [2.24, 2.45) is 5.92 Å². The summed E-state index contributed by atoms with van der Waals surface area (Å²) >= 11 is 0. The molecule has 2 atom stereocenters. The van der Waals surface area contributed by atoms with Crippen LogP contribution in [-0.4, -0.2) is 36.9 Å². The number of hydrogen-bond acceptors (Lipinski definition) is 5. The van der Waals surface area contributed by atoms with Crippen LogP contribution in [0.4, 0.5) is 4.39 Å². The zero-order valence-corrected chi connectivity index (χ0v) is 21.5. The van der Waals surface area contributed by atoms with E-state index >= 15 is 0 Å². The summed E-state index contributed by atoms with van der Waals surface area (Å²) in [5.74, 6) is -0.963. The molecular weight excluding hydrogens is 493 g/mol. The van der Waals surface area contributed by atoms with E-state index in [1.807, 2.05) is 12.1 Å². The molecule has 0 saturated carbocycles. The van der Waals surface area contributed by atoms with Crippen molar-refractivity contribution in [2.45, 2.75) is 50.0 Å². The second kappa shape index (κ2) is 10.6. The van der Waals surface area contributed by atoms with E-state index in [4.69, 9.17) is 4.52 Å². The molecule has 1 saturated heterocycles. The largest absolute Gasteiger partial charge is 0.355 e. The number of rotatable bonds is 6. The highest BCUT2D eigenvalue weighted by Crippen LogP contribution is 2.32. The molecule has 5 rings (SSSR count). The lowest BCUT2D eigenvalue weighted by Gasteiger charge is -2.33. The van der Waals surface area contributed by atoms with E-state index in [2.05, 4.69) is 22.6 Å². The molecule has 0 radical (unpaired) electrons. The van der Waals surface area contributed by atoms with Crippen molar-refractivity contribution in [1.29, 1.82) is 0 Å². The van der Waals surface area contributed by atoms with E-state index in [0.29, 0.717) is 24.9 Å². The lowest BCUT2D eigenvalue weighted by atomic mass is 9.87. The Balaban J connectivity index is 1.33. The first-order valence-corrected chi connectivity index (χ1v) is 14.1. The summed E-state index contributed by atoms with van der Waals surface area (Å²) in [6.45, 7) is 1.95. The van der Waals surface area contributed by atoms with Crippen LogP contribution in [0.25, 0.3) is 12.2 Å². The first-order chi connectivity index (χ1) is 17.8. The fraction of sp³-hybridized carbons (Fsp3) is 0.357. The molecule has 1 fully saturated rings. The molecule has 37 heavy (non-hydrogen) atoms. The lowest BCUT2D eigenvalue weighted by molar-refractivity contribution is -0.127. The summed E-state index contributed by atoms with van der Waals surface area (Å²) in [7, 11) is -3.99. The number of fused-ring (bicyclic) bond motifs is 1. The molecule has 0 spiro atoms. The van der Waals surface area contributed by atoms with Crippen molar-refractivity contribution in [3.63, 3.8) is 0 Å². The molecule has 2 aliphatic rings. The lowest BCUT2D eigenvalue weighted by Crippen LogP contribution is -2.46. The van der Waals surface area contributed by atoms with Gasteiger partial charge in [-0.25, -0.2) is 12.8 Å². The predicted molar refractivity (Wildman–Crippen MR) is 138 cm³/mol. The zero-order valence-electron chi connectivity index (χ0n) is 20.7. The van der Waals surface area contributed by atoms with Gasteiger partial charge in [-0.05, 0) is 68.4 Å². The summed E-state index contributed by atoms with van der Waals surface area (Å²) in [4.78, 5) is 13.2. The Morgan fingerprint density at radius 2 is 1.89 bits per heavy atom. The number of sulfonamides is 1. The van der Waals surface area contributed by atoms with Gasteiger partial charge in [-0.1, -0.05) is 47.6 Å². The second-order valence-corrected chi connectivity index (χ2v) is 11.5. The first-order valence-electron chi connectivity index (χ1n) is 12.6. The third-order valence-electron chi connectivity index (χ3n) is 7.19. The highest BCUT2D eigenvalue weighted by Gasteiger charge is 2.37. The normalized spacial score (nSPS) is 20.6. The second-order valence-electron chi connectivity index (χ2n) is 9.67. The fourth-order valence-electron chi connectivity index (χ4n) is 5.27. The maximum atomic E-state index is 14.0. The van der Waals surface area contributed by atoms with Crippen molar-refractivity contribution in [1.82, 2.24) is 14.8 Å². The molecule has 9 heteroatoms. The minimum Gasteiger partial charge on any atom is -0.355 e. The van der Waals surface area contributed by atoms with Crippen LogP contribution < -0.4 is 5.32 Å². The Kier molecular flexibility index (Phi) is 7.26. The van der Waals surface area contributed by atoms with Gasteiger partial charge < -0.3 is 9.84 Å². The van der Waals surface area contributed by atoms with Crippen molar-refractivity contribution >= 4 is 28.1 Å². The molecule has 2 aromatic carbocycles. The van der Waals surface area contributed by atoms with Crippen LogP contribution in [0, 0.1) is 18.7 Å². The van der Waals surface area contributed by atoms with Gasteiger partial charge in [0.25, 0.3) is 0 Å². The molecule has 2 heterocycles.